The topological polar surface area (TPSA) is 88.5 Å². The number of amides is 1. The van der Waals surface area contributed by atoms with Crippen LogP contribution in [-0.4, -0.2) is 24.1 Å². The second-order valence-corrected chi connectivity index (χ2v) is 2.50. The van der Waals surface area contributed by atoms with E-state index in [2.05, 4.69) is 9.73 Å². The van der Waals surface area contributed by atoms with Crippen molar-refractivity contribution in [2.75, 3.05) is 12.9 Å². The fourth-order valence-electron chi connectivity index (χ4n) is 0.352. The maximum atomic E-state index is 10.7. The van der Waals surface area contributed by atoms with Gasteiger partial charge in [0.05, 0.1) is 12.5 Å². The predicted molar refractivity (Wildman–Crippen MR) is 46.7 cm³/mol. The quantitative estimate of drug-likeness (QED) is 0.391. The Balaban J connectivity index is 3.68. The first-order valence-electron chi connectivity index (χ1n) is 3.12. The highest BCUT2D eigenvalue weighted by atomic mass is 32.2. The summed E-state index contributed by atoms with van der Waals surface area (Å²) < 4.78 is 4.51. The minimum Gasteiger partial charge on any atom is -0.447 e. The minimum atomic E-state index is -0.753. The molecule has 2 N–H and O–H groups in total. The summed E-state index contributed by atoms with van der Waals surface area (Å²) in [4.78, 5) is 14.0. The number of carbonyl (C=O) groups is 1. The van der Waals surface area contributed by atoms with Gasteiger partial charge in [0, 0.05) is 0 Å². The number of amidine groups is 1. The van der Waals surface area contributed by atoms with Gasteiger partial charge in [0.2, 0.25) is 0 Å². The molecule has 0 spiro atoms. The normalized spacial score (nSPS) is 10.5. The summed E-state index contributed by atoms with van der Waals surface area (Å²) in [7, 11) is 0. The molecule has 0 radical (unpaired) electrons. The van der Waals surface area contributed by atoms with Crippen LogP contribution in [0.5, 0.6) is 0 Å². The van der Waals surface area contributed by atoms with E-state index in [-0.39, 0.29) is 18.2 Å². The molecule has 66 valence electrons. The number of nitriles is 1. The predicted octanol–water partition coefficient (Wildman–Crippen LogP) is 0.714. The molecule has 0 rings (SSSR count). The van der Waals surface area contributed by atoms with Crippen molar-refractivity contribution in [2.45, 2.75) is 6.42 Å². The largest absolute Gasteiger partial charge is 0.447 e. The van der Waals surface area contributed by atoms with Crippen molar-refractivity contribution in [1.82, 2.24) is 0 Å². The molecule has 0 saturated carbocycles. The van der Waals surface area contributed by atoms with Gasteiger partial charge in [-0.3, -0.25) is 0 Å². The van der Waals surface area contributed by atoms with E-state index in [4.69, 9.17) is 11.0 Å². The first-order valence-corrected chi connectivity index (χ1v) is 4.35. The highest BCUT2D eigenvalue weighted by Gasteiger charge is 1.99. The van der Waals surface area contributed by atoms with Crippen LogP contribution >= 0.6 is 11.8 Å². The molecule has 5 nitrogen and oxygen atoms in total. The summed E-state index contributed by atoms with van der Waals surface area (Å²) in [6.45, 7) is 0.0560. The van der Waals surface area contributed by atoms with E-state index in [0.717, 1.165) is 11.8 Å². The van der Waals surface area contributed by atoms with Gasteiger partial charge in [0.25, 0.3) is 0 Å². The Morgan fingerprint density at radius 3 is 3.00 bits per heavy atom. The minimum absolute atomic E-state index is 0.0560. The molecule has 0 fully saturated rings. The highest BCUT2D eigenvalue weighted by Crippen LogP contribution is 1.93. The Morgan fingerprint density at radius 2 is 2.50 bits per heavy atom. The molecule has 0 aliphatic carbocycles. The number of rotatable bonds is 2. The number of aliphatic imine (C=N–C) groups is 1. The molecular formula is C6H9N3O2S. The second-order valence-electron chi connectivity index (χ2n) is 1.68. The molecule has 0 aromatic heterocycles. The van der Waals surface area contributed by atoms with Gasteiger partial charge in [-0.15, -0.1) is 0 Å². The molecule has 6 heteroatoms. The Labute approximate surface area is 74.6 Å². The van der Waals surface area contributed by atoms with Crippen molar-refractivity contribution < 1.29 is 9.53 Å². The molecule has 1 amide bonds. The molecule has 12 heavy (non-hydrogen) atoms. The number of ether oxygens (including phenoxy) is 1. The van der Waals surface area contributed by atoms with Gasteiger partial charge in [-0.05, 0) is 6.26 Å². The Hall–Kier alpha value is -1.22. The molecule has 0 saturated heterocycles. The second kappa shape index (κ2) is 6.49. The lowest BCUT2D eigenvalue weighted by molar-refractivity contribution is 0.160. The van der Waals surface area contributed by atoms with Gasteiger partial charge < -0.3 is 10.5 Å². The lowest BCUT2D eigenvalue weighted by atomic mass is 10.5. The van der Waals surface area contributed by atoms with E-state index in [9.17, 15) is 4.79 Å². The summed E-state index contributed by atoms with van der Waals surface area (Å²) in [6.07, 6.45) is 1.11. The Bertz CT molecular complexity index is 221. The van der Waals surface area contributed by atoms with E-state index in [1.165, 1.54) is 0 Å². The summed E-state index contributed by atoms with van der Waals surface area (Å²) in [5, 5.41) is 8.25. The fraction of sp³-hybridized carbons (Fsp3) is 0.500. The summed E-state index contributed by atoms with van der Waals surface area (Å²) in [5.74, 6) is 0. The van der Waals surface area contributed by atoms with Crippen molar-refractivity contribution in [3.63, 3.8) is 0 Å². The molecular weight excluding hydrogens is 178 g/mol. The average molecular weight is 187 g/mol. The Morgan fingerprint density at radius 1 is 1.83 bits per heavy atom. The first-order chi connectivity index (χ1) is 5.70. The van der Waals surface area contributed by atoms with Gasteiger partial charge in [-0.1, -0.05) is 11.8 Å². The third kappa shape index (κ3) is 5.56. The van der Waals surface area contributed by atoms with E-state index < -0.39 is 6.09 Å². The Kier molecular flexibility index (Phi) is 5.83. The lowest BCUT2D eigenvalue weighted by Crippen LogP contribution is -2.10. The summed E-state index contributed by atoms with van der Waals surface area (Å²) in [6, 6.07) is 1.83. The standard InChI is InChI=1S/C6H9N3O2S/c1-12-5(8)9-6(10)11-4-2-3-7/h2,4H2,1H3,(H2,8,9,10). The van der Waals surface area contributed by atoms with Crippen molar-refractivity contribution in [2.24, 2.45) is 10.7 Å². The van der Waals surface area contributed by atoms with Crippen molar-refractivity contribution in [3.8, 4) is 6.07 Å². The van der Waals surface area contributed by atoms with E-state index >= 15 is 0 Å². The van der Waals surface area contributed by atoms with Crippen LogP contribution < -0.4 is 5.73 Å². The molecule has 0 unspecified atom stereocenters. The molecule has 0 aromatic rings. The molecule has 0 aliphatic heterocycles. The number of carbonyl (C=O) groups excluding carboxylic acids is 1. The number of nitrogens with two attached hydrogens (primary N) is 1. The number of hydrogen-bond donors (Lipinski definition) is 1. The SMILES string of the molecule is CS/C(N)=N\C(=O)OCCC#N. The maximum absolute atomic E-state index is 10.7. The third-order valence-electron chi connectivity index (χ3n) is 0.850. The van der Waals surface area contributed by atoms with Gasteiger partial charge in [0.15, 0.2) is 5.17 Å². The van der Waals surface area contributed by atoms with Crippen LogP contribution in [0, 0.1) is 11.3 Å². The van der Waals surface area contributed by atoms with Crippen molar-refractivity contribution >= 4 is 23.0 Å². The lowest BCUT2D eigenvalue weighted by Gasteiger charge is -1.96. The van der Waals surface area contributed by atoms with Gasteiger partial charge in [0.1, 0.15) is 6.61 Å². The van der Waals surface area contributed by atoms with E-state index in [0.29, 0.717) is 0 Å². The van der Waals surface area contributed by atoms with Gasteiger partial charge in [-0.2, -0.15) is 10.3 Å². The van der Waals surface area contributed by atoms with Gasteiger partial charge in [-0.25, -0.2) is 4.79 Å². The summed E-state index contributed by atoms with van der Waals surface area (Å²) in [5.41, 5.74) is 5.23. The monoisotopic (exact) mass is 187 g/mol. The van der Waals surface area contributed by atoms with Crippen LogP contribution in [0.15, 0.2) is 4.99 Å². The smallest absolute Gasteiger partial charge is 0.436 e. The zero-order valence-electron chi connectivity index (χ0n) is 6.61. The molecule has 0 atom stereocenters. The summed E-state index contributed by atoms with van der Waals surface area (Å²) >= 11 is 1.15. The zero-order chi connectivity index (χ0) is 9.40. The van der Waals surface area contributed by atoms with Crippen LogP contribution in [0.1, 0.15) is 6.42 Å². The molecule has 0 bridgehead atoms. The van der Waals surface area contributed by atoms with Crippen LogP contribution in [-0.2, 0) is 4.74 Å². The molecule has 0 aliphatic rings. The van der Waals surface area contributed by atoms with Crippen LogP contribution in [0.25, 0.3) is 0 Å². The van der Waals surface area contributed by atoms with Gasteiger partial charge >= 0.3 is 6.09 Å². The third-order valence-corrected chi connectivity index (χ3v) is 1.36. The van der Waals surface area contributed by atoms with E-state index in [1.807, 2.05) is 6.07 Å². The van der Waals surface area contributed by atoms with Crippen LogP contribution in [0.4, 0.5) is 4.79 Å². The maximum Gasteiger partial charge on any atom is 0.436 e. The van der Waals surface area contributed by atoms with E-state index in [1.54, 1.807) is 6.26 Å². The number of nitrogens with zero attached hydrogens (tertiary/aromatic N) is 2. The number of thioether (sulfide) groups is 1. The molecule has 0 heterocycles. The zero-order valence-corrected chi connectivity index (χ0v) is 7.43. The van der Waals surface area contributed by atoms with Crippen molar-refractivity contribution in [1.29, 1.82) is 5.26 Å². The molecule has 0 aromatic carbocycles. The first kappa shape index (κ1) is 10.8. The fourth-order valence-corrected chi connectivity index (χ4v) is 0.518. The van der Waals surface area contributed by atoms with Crippen LogP contribution in [0.2, 0.25) is 0 Å². The number of hydrogen-bond acceptors (Lipinski definition) is 4. The van der Waals surface area contributed by atoms with Crippen molar-refractivity contribution in [3.05, 3.63) is 0 Å². The van der Waals surface area contributed by atoms with Crippen LogP contribution in [0.3, 0.4) is 0 Å². The average Bonchev–Trinajstić information content (AvgIpc) is 2.05. The highest BCUT2D eigenvalue weighted by molar-refractivity contribution is 8.13.